The van der Waals surface area contributed by atoms with E-state index in [1.165, 1.54) is 38.5 Å². The Hall–Kier alpha value is 0. The van der Waals surface area contributed by atoms with Crippen LogP contribution in [0.5, 0.6) is 0 Å². The lowest BCUT2D eigenvalue weighted by Gasteiger charge is -1.96. The number of unbranched alkanes of at least 4 members (excludes halogenated alkanes) is 6. The maximum atomic E-state index is 6.92. The van der Waals surface area contributed by atoms with Crippen molar-refractivity contribution in [1.82, 2.24) is 0 Å². The van der Waals surface area contributed by atoms with Gasteiger partial charge in [-0.1, -0.05) is 58.8 Å². The van der Waals surface area contributed by atoms with Crippen LogP contribution < -0.4 is 0 Å². The van der Waals surface area contributed by atoms with Crippen molar-refractivity contribution in [1.29, 1.82) is 0 Å². The Morgan fingerprint density at radius 3 is 2.00 bits per heavy atom. The van der Waals surface area contributed by atoms with Crippen LogP contribution in [0.15, 0.2) is 0 Å². The predicted octanol–water partition coefficient (Wildman–Crippen LogP) is 3.76. The molecule has 0 N–H and O–H groups in total. The van der Waals surface area contributed by atoms with Crippen LogP contribution in [0.3, 0.4) is 0 Å². The van der Waals surface area contributed by atoms with Gasteiger partial charge in [-0.2, -0.15) is 0 Å². The van der Waals surface area contributed by atoms with Crippen molar-refractivity contribution in [3.05, 3.63) is 0 Å². The molecule has 0 aliphatic rings. The third-order valence-corrected chi connectivity index (χ3v) is 1.60. The molecule has 0 aromatic heterocycles. The first-order valence-electron chi connectivity index (χ1n) is 4.91. The van der Waals surface area contributed by atoms with Crippen molar-refractivity contribution < 1.29 is 1.37 Å². The molecular weight excluding hydrogens is 108 g/mol. The molecule has 0 radical (unpaired) electrons. The van der Waals surface area contributed by atoms with Gasteiger partial charge in [-0.15, -0.1) is 0 Å². The van der Waals surface area contributed by atoms with E-state index in [9.17, 15) is 0 Å². The van der Waals surface area contributed by atoms with E-state index >= 15 is 0 Å². The molecule has 0 bridgehead atoms. The van der Waals surface area contributed by atoms with Crippen LogP contribution in [-0.2, 0) is 0 Å². The lowest BCUT2D eigenvalue weighted by molar-refractivity contribution is 0.602. The largest absolute Gasteiger partial charge is 0.0654 e. The molecular formula is C9H20. The fourth-order valence-electron chi connectivity index (χ4n) is 0.957. The number of hydrogen-bond donors (Lipinski definition) is 0. The van der Waals surface area contributed by atoms with Gasteiger partial charge in [0.05, 0.1) is 0 Å². The Morgan fingerprint density at radius 1 is 0.889 bits per heavy atom. The first kappa shape index (κ1) is 7.11. The third-order valence-electron chi connectivity index (χ3n) is 1.60. The average molecular weight is 129 g/mol. The summed E-state index contributed by atoms with van der Waals surface area (Å²) in [5, 5.41) is 0. The van der Waals surface area contributed by atoms with E-state index in [0.717, 1.165) is 6.42 Å². The molecule has 0 fully saturated rings. The van der Waals surface area contributed by atoms with Gasteiger partial charge in [-0.05, 0) is 0 Å². The molecule has 0 aliphatic heterocycles. The molecule has 56 valence electrons. The molecule has 0 spiro atoms. The maximum absolute atomic E-state index is 6.92. The van der Waals surface area contributed by atoms with Crippen LogP contribution in [0.1, 0.15) is 60.1 Å². The summed E-state index contributed by atoms with van der Waals surface area (Å²) in [4.78, 5) is 0. The van der Waals surface area contributed by atoms with Gasteiger partial charge in [0, 0.05) is 1.37 Å². The first-order chi connectivity index (χ1) is 4.91. The number of hydrogen-bond acceptors (Lipinski definition) is 0. The molecule has 0 saturated heterocycles. The summed E-state index contributed by atoms with van der Waals surface area (Å²) in [5.74, 6) is 0. The lowest BCUT2D eigenvalue weighted by atomic mass is 10.1. The second kappa shape index (κ2) is 8.00. The zero-order valence-electron chi connectivity index (χ0n) is 7.66. The number of rotatable bonds is 6. The average Bonchev–Trinajstić information content (AvgIpc) is 1.97. The highest BCUT2D eigenvalue weighted by molar-refractivity contribution is 4.41. The molecule has 0 aromatic carbocycles. The van der Waals surface area contributed by atoms with Crippen LogP contribution in [0.25, 0.3) is 0 Å². The van der Waals surface area contributed by atoms with Gasteiger partial charge in [-0.25, -0.2) is 0 Å². The van der Waals surface area contributed by atoms with Crippen molar-refractivity contribution >= 4 is 0 Å². The van der Waals surface area contributed by atoms with Gasteiger partial charge in [-0.3, -0.25) is 0 Å². The molecule has 0 unspecified atom stereocenters. The Balaban J connectivity index is 2.65. The second-order valence-electron chi connectivity index (χ2n) is 2.62. The van der Waals surface area contributed by atoms with Gasteiger partial charge in [0.2, 0.25) is 0 Å². The fourth-order valence-corrected chi connectivity index (χ4v) is 0.957. The summed E-state index contributed by atoms with van der Waals surface area (Å²) in [6.45, 7) is 2.86. The predicted molar refractivity (Wildman–Crippen MR) is 43.7 cm³/mol. The van der Waals surface area contributed by atoms with Gasteiger partial charge in [0.1, 0.15) is 0 Å². The normalized spacial score (nSPS) is 11.4. The van der Waals surface area contributed by atoms with E-state index in [-0.39, 0.29) is 0 Å². The highest BCUT2D eigenvalue weighted by atomic mass is 13.9. The molecule has 0 atom stereocenters. The van der Waals surface area contributed by atoms with E-state index in [1.807, 2.05) is 0 Å². The third kappa shape index (κ3) is 8.00. The smallest absolute Gasteiger partial charge is 0.0230 e. The van der Waals surface area contributed by atoms with Gasteiger partial charge in [0.25, 0.3) is 0 Å². The van der Waals surface area contributed by atoms with Crippen molar-refractivity contribution in [3.63, 3.8) is 0 Å². The van der Waals surface area contributed by atoms with Gasteiger partial charge >= 0.3 is 0 Å². The summed E-state index contributed by atoms with van der Waals surface area (Å²) in [7, 11) is 0. The molecule has 0 nitrogen and oxygen atoms in total. The standard InChI is InChI=1S/C9H20/c1-3-5-7-9-8-6-4-2/h3-9H2,1-2H3/i1D. The molecule has 0 rings (SSSR count). The van der Waals surface area contributed by atoms with Crippen molar-refractivity contribution in [3.8, 4) is 0 Å². The molecule has 0 saturated carbocycles. The monoisotopic (exact) mass is 129 g/mol. The summed E-state index contributed by atoms with van der Waals surface area (Å²) in [6, 6.07) is 0. The van der Waals surface area contributed by atoms with E-state index in [2.05, 4.69) is 6.92 Å². The fraction of sp³-hybridized carbons (Fsp3) is 1.00. The molecule has 0 aliphatic carbocycles. The van der Waals surface area contributed by atoms with Crippen molar-refractivity contribution in [2.24, 2.45) is 0 Å². The quantitative estimate of drug-likeness (QED) is 0.479. The summed E-state index contributed by atoms with van der Waals surface area (Å²) in [5.41, 5.74) is 0. The zero-order chi connectivity index (χ0) is 7.66. The summed E-state index contributed by atoms with van der Waals surface area (Å²) in [6.07, 6.45) is 9.22. The minimum absolute atomic E-state index is 0.619. The molecule has 0 heterocycles. The van der Waals surface area contributed by atoms with Crippen LogP contribution >= 0.6 is 0 Å². The van der Waals surface area contributed by atoms with Crippen LogP contribution in [0, 0.1) is 0 Å². The molecule has 0 aromatic rings. The minimum Gasteiger partial charge on any atom is -0.0654 e. The van der Waals surface area contributed by atoms with Crippen LogP contribution in [0.2, 0.25) is 0 Å². The minimum atomic E-state index is 0.619. The Morgan fingerprint density at radius 2 is 1.44 bits per heavy atom. The highest BCUT2D eigenvalue weighted by Crippen LogP contribution is 2.05. The van der Waals surface area contributed by atoms with Crippen molar-refractivity contribution in [2.75, 3.05) is 0 Å². The molecule has 0 amide bonds. The summed E-state index contributed by atoms with van der Waals surface area (Å²) < 4.78 is 6.92. The Kier molecular flexibility index (Phi) is 6.32. The second-order valence-corrected chi connectivity index (χ2v) is 2.62. The molecule has 0 heteroatoms. The Labute approximate surface area is 61.1 Å². The molecule has 9 heavy (non-hydrogen) atoms. The van der Waals surface area contributed by atoms with Crippen LogP contribution in [0.4, 0.5) is 0 Å². The van der Waals surface area contributed by atoms with E-state index in [0.29, 0.717) is 6.90 Å². The van der Waals surface area contributed by atoms with Gasteiger partial charge in [0.15, 0.2) is 0 Å². The van der Waals surface area contributed by atoms with E-state index in [1.54, 1.807) is 0 Å². The topological polar surface area (TPSA) is 0 Å². The van der Waals surface area contributed by atoms with Gasteiger partial charge < -0.3 is 0 Å². The van der Waals surface area contributed by atoms with Crippen molar-refractivity contribution in [2.45, 2.75) is 58.8 Å². The zero-order valence-corrected chi connectivity index (χ0v) is 6.66. The van der Waals surface area contributed by atoms with E-state index < -0.39 is 0 Å². The maximum Gasteiger partial charge on any atom is 0.0230 e. The SMILES string of the molecule is [2H]CCCCCCCCC. The first-order valence-corrected chi connectivity index (χ1v) is 4.21. The van der Waals surface area contributed by atoms with E-state index in [4.69, 9.17) is 1.37 Å². The lowest BCUT2D eigenvalue weighted by Crippen LogP contribution is -1.76. The summed E-state index contributed by atoms with van der Waals surface area (Å²) >= 11 is 0. The van der Waals surface area contributed by atoms with Crippen LogP contribution in [-0.4, -0.2) is 0 Å². The highest BCUT2D eigenvalue weighted by Gasteiger charge is 1.85. The Bertz CT molecular complexity index is 44.7.